The smallest absolute Gasteiger partial charge is 0.333 e. The van der Waals surface area contributed by atoms with Gasteiger partial charge in [0.1, 0.15) is 0 Å². The Morgan fingerprint density at radius 3 is 2.82 bits per heavy atom. The van der Waals surface area contributed by atoms with Crippen LogP contribution in [0, 0.1) is 5.41 Å². The van der Waals surface area contributed by atoms with Crippen molar-refractivity contribution in [3.05, 3.63) is 12.2 Å². The van der Waals surface area contributed by atoms with Crippen molar-refractivity contribution in [3.63, 3.8) is 0 Å². The molecule has 62 valence electrons. The third kappa shape index (κ3) is 1.62. The Bertz CT molecular complexity index is 196. The highest BCUT2D eigenvalue weighted by molar-refractivity contribution is 5.88. The van der Waals surface area contributed by atoms with E-state index in [4.69, 9.17) is 4.74 Å². The Balaban J connectivity index is 2.66. The van der Waals surface area contributed by atoms with Gasteiger partial charge >= 0.3 is 5.97 Å². The van der Waals surface area contributed by atoms with Gasteiger partial charge in [-0.3, -0.25) is 0 Å². The normalized spacial score (nSPS) is 31.8. The maximum absolute atomic E-state index is 10.9. The second-order valence-electron chi connectivity index (χ2n) is 3.52. The number of hydrogen-bond donors (Lipinski definition) is 0. The molecule has 11 heavy (non-hydrogen) atoms. The number of carbonyl (C=O) groups excluding carboxylic acids is 1. The number of rotatable bonds is 1. The van der Waals surface area contributed by atoms with Crippen LogP contribution in [0.5, 0.6) is 0 Å². The zero-order chi connectivity index (χ0) is 8.48. The molecule has 0 aliphatic carbocycles. The first kappa shape index (κ1) is 8.31. The number of cyclic esters (lactones) is 1. The first-order valence-electron chi connectivity index (χ1n) is 3.92. The fraction of sp³-hybridized carbons (Fsp3) is 0.667. The lowest BCUT2D eigenvalue weighted by atomic mass is 9.80. The maximum atomic E-state index is 10.9. The number of carbonyl (C=O) groups is 1. The van der Waals surface area contributed by atoms with E-state index in [9.17, 15) is 4.79 Å². The summed E-state index contributed by atoms with van der Waals surface area (Å²) in [7, 11) is 0. The topological polar surface area (TPSA) is 26.3 Å². The fourth-order valence-electron chi connectivity index (χ4n) is 1.21. The number of esters is 1. The van der Waals surface area contributed by atoms with Gasteiger partial charge in [-0.25, -0.2) is 4.79 Å². The van der Waals surface area contributed by atoms with Crippen molar-refractivity contribution in [2.45, 2.75) is 26.7 Å². The van der Waals surface area contributed by atoms with Crippen molar-refractivity contribution < 1.29 is 9.53 Å². The predicted molar refractivity (Wildman–Crippen MR) is 43.1 cm³/mol. The summed E-state index contributed by atoms with van der Waals surface area (Å²) in [6, 6.07) is 0. The highest BCUT2D eigenvalue weighted by Crippen LogP contribution is 2.33. The molecule has 1 aliphatic rings. The minimum Gasteiger partial charge on any atom is -0.462 e. The minimum atomic E-state index is -0.226. The molecule has 0 aromatic rings. The van der Waals surface area contributed by atoms with Crippen molar-refractivity contribution in [2.75, 3.05) is 6.61 Å². The van der Waals surface area contributed by atoms with E-state index in [-0.39, 0.29) is 11.4 Å². The molecule has 0 radical (unpaired) electrons. The molecular formula is C9H14O2. The van der Waals surface area contributed by atoms with Crippen LogP contribution in [0.3, 0.4) is 0 Å². The molecule has 0 spiro atoms. The number of hydrogen-bond acceptors (Lipinski definition) is 2. The molecule has 0 N–H and O–H groups in total. The van der Waals surface area contributed by atoms with Crippen LogP contribution in [-0.4, -0.2) is 12.6 Å². The van der Waals surface area contributed by atoms with Gasteiger partial charge in [0, 0.05) is 11.0 Å². The van der Waals surface area contributed by atoms with Crippen molar-refractivity contribution in [2.24, 2.45) is 5.41 Å². The summed E-state index contributed by atoms with van der Waals surface area (Å²) in [5.74, 6) is -0.226. The fourth-order valence-corrected chi connectivity index (χ4v) is 1.21. The summed E-state index contributed by atoms with van der Waals surface area (Å²) in [5, 5.41) is 0. The van der Waals surface area contributed by atoms with Crippen LogP contribution in [-0.2, 0) is 9.53 Å². The minimum absolute atomic E-state index is 0.130. The van der Waals surface area contributed by atoms with Crippen molar-refractivity contribution >= 4 is 5.97 Å². The molecule has 0 bridgehead atoms. The van der Waals surface area contributed by atoms with Crippen LogP contribution in [0.2, 0.25) is 0 Å². The maximum Gasteiger partial charge on any atom is 0.333 e. The lowest BCUT2D eigenvalue weighted by Crippen LogP contribution is -2.32. The molecule has 1 heterocycles. The Morgan fingerprint density at radius 2 is 2.36 bits per heavy atom. The standard InChI is InChI=1S/C9H14O2/c1-4-9(3)5-7(2)8(10)11-6-9/h2,4-6H2,1,3H3. The first-order valence-corrected chi connectivity index (χ1v) is 3.92. The molecule has 0 aromatic carbocycles. The molecule has 1 fully saturated rings. The molecule has 0 aromatic heterocycles. The van der Waals surface area contributed by atoms with Gasteiger partial charge in [-0.2, -0.15) is 0 Å². The van der Waals surface area contributed by atoms with Crippen molar-refractivity contribution in [1.82, 2.24) is 0 Å². The molecule has 0 amide bonds. The first-order chi connectivity index (χ1) is 5.07. The van der Waals surface area contributed by atoms with Crippen LogP contribution < -0.4 is 0 Å². The summed E-state index contributed by atoms with van der Waals surface area (Å²) in [5.41, 5.74) is 0.742. The molecule has 1 rings (SSSR count). The van der Waals surface area contributed by atoms with E-state index in [1.165, 1.54) is 0 Å². The average Bonchev–Trinajstić information content (AvgIpc) is 1.98. The Hall–Kier alpha value is -0.790. The van der Waals surface area contributed by atoms with E-state index < -0.39 is 0 Å². The zero-order valence-electron chi connectivity index (χ0n) is 7.14. The van der Waals surface area contributed by atoms with Crippen LogP contribution in [0.15, 0.2) is 12.2 Å². The highest BCUT2D eigenvalue weighted by Gasteiger charge is 2.32. The Labute approximate surface area is 67.2 Å². The number of ether oxygens (including phenoxy) is 1. The second kappa shape index (κ2) is 2.68. The third-order valence-electron chi connectivity index (χ3n) is 2.33. The molecule has 1 atom stereocenters. The van der Waals surface area contributed by atoms with Gasteiger partial charge in [0.25, 0.3) is 0 Å². The summed E-state index contributed by atoms with van der Waals surface area (Å²) < 4.78 is 4.96. The van der Waals surface area contributed by atoms with E-state index in [1.54, 1.807) is 0 Å². The van der Waals surface area contributed by atoms with Crippen LogP contribution >= 0.6 is 0 Å². The van der Waals surface area contributed by atoms with E-state index in [2.05, 4.69) is 20.4 Å². The molecule has 1 saturated heterocycles. The van der Waals surface area contributed by atoms with Gasteiger partial charge in [0.05, 0.1) is 6.61 Å². The van der Waals surface area contributed by atoms with Gasteiger partial charge in [-0.15, -0.1) is 0 Å². The van der Waals surface area contributed by atoms with E-state index >= 15 is 0 Å². The molecule has 1 unspecified atom stereocenters. The average molecular weight is 154 g/mol. The Kier molecular flexibility index (Phi) is 2.03. The van der Waals surface area contributed by atoms with Gasteiger partial charge in [0.2, 0.25) is 0 Å². The Morgan fingerprint density at radius 1 is 1.73 bits per heavy atom. The van der Waals surface area contributed by atoms with Crippen molar-refractivity contribution in [3.8, 4) is 0 Å². The van der Waals surface area contributed by atoms with E-state index in [1.807, 2.05) is 0 Å². The molecule has 1 aliphatic heterocycles. The van der Waals surface area contributed by atoms with Gasteiger partial charge in [-0.1, -0.05) is 20.4 Å². The monoisotopic (exact) mass is 154 g/mol. The molecule has 2 heteroatoms. The summed E-state index contributed by atoms with van der Waals surface area (Å²) in [6.45, 7) is 8.43. The third-order valence-corrected chi connectivity index (χ3v) is 2.33. The van der Waals surface area contributed by atoms with Gasteiger partial charge in [0.15, 0.2) is 0 Å². The highest BCUT2D eigenvalue weighted by atomic mass is 16.5. The van der Waals surface area contributed by atoms with E-state index in [0.717, 1.165) is 12.8 Å². The predicted octanol–water partition coefficient (Wildman–Crippen LogP) is 1.91. The van der Waals surface area contributed by atoms with Crippen LogP contribution in [0.1, 0.15) is 26.7 Å². The summed E-state index contributed by atoms with van der Waals surface area (Å²) in [6.07, 6.45) is 1.81. The van der Waals surface area contributed by atoms with Crippen LogP contribution in [0.25, 0.3) is 0 Å². The van der Waals surface area contributed by atoms with Crippen molar-refractivity contribution in [1.29, 1.82) is 0 Å². The van der Waals surface area contributed by atoms with Gasteiger partial charge in [-0.05, 0) is 12.8 Å². The summed E-state index contributed by atoms with van der Waals surface area (Å²) >= 11 is 0. The molecule has 0 saturated carbocycles. The lowest BCUT2D eigenvalue weighted by molar-refractivity contribution is -0.146. The quantitative estimate of drug-likeness (QED) is 0.426. The lowest BCUT2D eigenvalue weighted by Gasteiger charge is -2.32. The molecule has 2 nitrogen and oxygen atoms in total. The van der Waals surface area contributed by atoms with Crippen LogP contribution in [0.4, 0.5) is 0 Å². The SMILES string of the molecule is C=C1CC(C)(CC)COC1=O. The molecular weight excluding hydrogens is 140 g/mol. The summed E-state index contributed by atoms with van der Waals surface area (Å²) in [4.78, 5) is 10.9. The largest absolute Gasteiger partial charge is 0.462 e. The van der Waals surface area contributed by atoms with E-state index in [0.29, 0.717) is 12.2 Å². The van der Waals surface area contributed by atoms with Gasteiger partial charge < -0.3 is 4.74 Å². The second-order valence-corrected chi connectivity index (χ2v) is 3.52. The zero-order valence-corrected chi connectivity index (χ0v) is 7.14.